The van der Waals surface area contributed by atoms with Crippen molar-refractivity contribution in [3.05, 3.63) is 0 Å². The fourth-order valence-electron chi connectivity index (χ4n) is 2.38. The third-order valence-electron chi connectivity index (χ3n) is 3.51. The lowest BCUT2D eigenvalue weighted by Crippen LogP contribution is -2.44. The Morgan fingerprint density at radius 2 is 2.12 bits per heavy atom. The van der Waals surface area contributed by atoms with E-state index < -0.39 is 0 Å². The van der Waals surface area contributed by atoms with Gasteiger partial charge in [0.1, 0.15) is 0 Å². The van der Waals surface area contributed by atoms with Crippen LogP contribution < -0.4 is 5.32 Å². The molecular formula is C12H20N2O2. The summed E-state index contributed by atoms with van der Waals surface area (Å²) in [6.45, 7) is 5.36. The van der Waals surface area contributed by atoms with Gasteiger partial charge in [-0.2, -0.15) is 0 Å². The molecule has 1 heterocycles. The molecule has 0 radical (unpaired) electrons. The number of hydrogen-bond donors (Lipinski definition) is 1. The highest BCUT2D eigenvalue weighted by atomic mass is 16.2. The highest BCUT2D eigenvalue weighted by molar-refractivity contribution is 6.03. The van der Waals surface area contributed by atoms with Gasteiger partial charge in [-0.05, 0) is 25.3 Å². The number of rotatable bonds is 5. The van der Waals surface area contributed by atoms with Crippen LogP contribution in [0.5, 0.6) is 0 Å². The predicted octanol–water partition coefficient (Wildman–Crippen LogP) is 0.769. The molecule has 1 saturated carbocycles. The normalized spacial score (nSPS) is 27.6. The minimum absolute atomic E-state index is 0.000975. The maximum atomic E-state index is 11.8. The second-order valence-electron chi connectivity index (χ2n) is 4.95. The van der Waals surface area contributed by atoms with Gasteiger partial charge in [-0.25, -0.2) is 0 Å². The maximum Gasteiger partial charge on any atom is 0.232 e. The van der Waals surface area contributed by atoms with Crippen LogP contribution in [0.2, 0.25) is 0 Å². The zero-order valence-corrected chi connectivity index (χ0v) is 10.0. The molecule has 1 N–H and O–H groups in total. The Hall–Kier alpha value is -0.900. The van der Waals surface area contributed by atoms with Crippen LogP contribution in [0.15, 0.2) is 0 Å². The van der Waals surface area contributed by atoms with Gasteiger partial charge in [0.05, 0.1) is 0 Å². The first-order valence-electron chi connectivity index (χ1n) is 6.21. The minimum Gasteiger partial charge on any atom is -0.312 e. The molecule has 4 heteroatoms. The molecule has 1 aliphatic carbocycles. The molecule has 4 nitrogen and oxygen atoms in total. The second kappa shape index (κ2) is 4.53. The van der Waals surface area contributed by atoms with Gasteiger partial charge >= 0.3 is 0 Å². The van der Waals surface area contributed by atoms with E-state index >= 15 is 0 Å². The molecular weight excluding hydrogens is 204 g/mol. The number of carbonyl (C=O) groups excluding carboxylic acids is 2. The van der Waals surface area contributed by atoms with Crippen molar-refractivity contribution in [2.24, 2.45) is 11.8 Å². The molecule has 1 aliphatic heterocycles. The molecule has 0 aromatic rings. The van der Waals surface area contributed by atoms with Crippen molar-refractivity contribution in [1.82, 2.24) is 10.2 Å². The van der Waals surface area contributed by atoms with E-state index in [-0.39, 0.29) is 17.7 Å². The van der Waals surface area contributed by atoms with Gasteiger partial charge in [0.15, 0.2) is 0 Å². The van der Waals surface area contributed by atoms with Crippen LogP contribution in [0, 0.1) is 11.8 Å². The Bertz CT molecular complexity index is 299. The van der Waals surface area contributed by atoms with Crippen molar-refractivity contribution in [3.8, 4) is 0 Å². The highest BCUT2D eigenvalue weighted by Crippen LogP contribution is 2.33. The molecule has 0 aromatic carbocycles. The summed E-state index contributed by atoms with van der Waals surface area (Å²) in [5.41, 5.74) is 0. The van der Waals surface area contributed by atoms with E-state index in [1.165, 1.54) is 17.7 Å². The molecule has 2 amide bonds. The van der Waals surface area contributed by atoms with E-state index in [1.807, 2.05) is 6.92 Å². The summed E-state index contributed by atoms with van der Waals surface area (Å²) in [4.78, 5) is 24.9. The topological polar surface area (TPSA) is 49.4 Å². The summed E-state index contributed by atoms with van der Waals surface area (Å²) in [7, 11) is 0. The molecule has 90 valence electrons. The van der Waals surface area contributed by atoms with Crippen molar-refractivity contribution in [1.29, 1.82) is 0 Å². The molecule has 0 spiro atoms. The van der Waals surface area contributed by atoms with Crippen LogP contribution in [0.25, 0.3) is 0 Å². The van der Waals surface area contributed by atoms with E-state index in [1.54, 1.807) is 0 Å². The van der Waals surface area contributed by atoms with Crippen LogP contribution in [0.1, 0.15) is 33.1 Å². The van der Waals surface area contributed by atoms with Gasteiger partial charge in [0.25, 0.3) is 0 Å². The number of nitrogens with one attached hydrogen (secondary N) is 1. The summed E-state index contributed by atoms with van der Waals surface area (Å²) < 4.78 is 0. The first kappa shape index (κ1) is 11.6. The number of nitrogens with zero attached hydrogens (tertiary/aromatic N) is 1. The average Bonchev–Trinajstić information content (AvgIpc) is 3.03. The van der Waals surface area contributed by atoms with E-state index in [0.717, 1.165) is 6.54 Å². The monoisotopic (exact) mass is 224 g/mol. The summed E-state index contributed by atoms with van der Waals surface area (Å²) in [5.74, 6) is 0.556. The fourth-order valence-corrected chi connectivity index (χ4v) is 2.38. The second-order valence-corrected chi connectivity index (χ2v) is 4.95. The van der Waals surface area contributed by atoms with Crippen molar-refractivity contribution in [2.45, 2.75) is 39.2 Å². The minimum atomic E-state index is -0.117. The van der Waals surface area contributed by atoms with Crippen molar-refractivity contribution < 1.29 is 9.59 Å². The number of amides is 2. The maximum absolute atomic E-state index is 11.8. The Balaban J connectivity index is 1.96. The van der Waals surface area contributed by atoms with E-state index in [2.05, 4.69) is 12.2 Å². The first-order valence-corrected chi connectivity index (χ1v) is 6.21. The number of carbonyl (C=O) groups is 2. The first-order chi connectivity index (χ1) is 7.63. The summed E-state index contributed by atoms with van der Waals surface area (Å²) in [5, 5.41) is 3.38. The fraction of sp³-hybridized carbons (Fsp3) is 0.833. The van der Waals surface area contributed by atoms with Gasteiger partial charge in [0.2, 0.25) is 11.8 Å². The standard InChI is InChI=1S/C12H20N2O2/c1-3-13-10(9-4-5-9)7-14-11(15)6-8(2)12(14)16/h8-10,13H,3-7H2,1-2H3. The van der Waals surface area contributed by atoms with Gasteiger partial charge in [-0.3, -0.25) is 14.5 Å². The molecule has 2 fully saturated rings. The Labute approximate surface area is 96.4 Å². The smallest absolute Gasteiger partial charge is 0.232 e. The van der Waals surface area contributed by atoms with E-state index in [0.29, 0.717) is 24.9 Å². The molecule has 2 unspecified atom stereocenters. The molecule has 16 heavy (non-hydrogen) atoms. The quantitative estimate of drug-likeness (QED) is 0.702. The molecule has 0 aromatic heterocycles. The van der Waals surface area contributed by atoms with E-state index in [4.69, 9.17) is 0 Å². The van der Waals surface area contributed by atoms with Crippen LogP contribution in [0.3, 0.4) is 0 Å². The van der Waals surface area contributed by atoms with Gasteiger partial charge in [-0.15, -0.1) is 0 Å². The van der Waals surface area contributed by atoms with Crippen molar-refractivity contribution in [3.63, 3.8) is 0 Å². The Morgan fingerprint density at radius 1 is 1.44 bits per heavy atom. The van der Waals surface area contributed by atoms with Crippen LogP contribution in [-0.2, 0) is 9.59 Å². The third-order valence-corrected chi connectivity index (χ3v) is 3.51. The SMILES string of the molecule is CCNC(CN1C(=O)CC(C)C1=O)C1CC1. The lowest BCUT2D eigenvalue weighted by Gasteiger charge is -2.23. The van der Waals surface area contributed by atoms with Crippen LogP contribution >= 0.6 is 0 Å². The highest BCUT2D eigenvalue weighted by Gasteiger charge is 2.39. The molecule has 0 bridgehead atoms. The summed E-state index contributed by atoms with van der Waals surface area (Å²) >= 11 is 0. The van der Waals surface area contributed by atoms with Crippen LogP contribution in [-0.4, -0.2) is 35.8 Å². The molecule has 2 aliphatic rings. The van der Waals surface area contributed by atoms with Gasteiger partial charge < -0.3 is 5.32 Å². The molecule has 1 saturated heterocycles. The lowest BCUT2D eigenvalue weighted by atomic mass is 10.1. The number of hydrogen-bond acceptors (Lipinski definition) is 3. The molecule has 2 atom stereocenters. The van der Waals surface area contributed by atoms with Gasteiger partial charge in [0, 0.05) is 24.9 Å². The zero-order chi connectivity index (χ0) is 11.7. The predicted molar refractivity (Wildman–Crippen MR) is 60.7 cm³/mol. The Kier molecular flexibility index (Phi) is 3.28. The summed E-state index contributed by atoms with van der Waals surface area (Å²) in [6.07, 6.45) is 2.84. The van der Waals surface area contributed by atoms with E-state index in [9.17, 15) is 9.59 Å². The number of likely N-dealkylation sites (tertiary alicyclic amines) is 1. The molecule has 2 rings (SSSR count). The van der Waals surface area contributed by atoms with Gasteiger partial charge in [-0.1, -0.05) is 13.8 Å². The zero-order valence-electron chi connectivity index (χ0n) is 10.0. The average molecular weight is 224 g/mol. The largest absolute Gasteiger partial charge is 0.312 e. The third kappa shape index (κ3) is 2.26. The summed E-state index contributed by atoms with van der Waals surface area (Å²) in [6, 6.07) is 0.309. The van der Waals surface area contributed by atoms with Crippen molar-refractivity contribution in [2.75, 3.05) is 13.1 Å². The van der Waals surface area contributed by atoms with Crippen molar-refractivity contribution >= 4 is 11.8 Å². The number of likely N-dealkylation sites (N-methyl/N-ethyl adjacent to an activating group) is 1. The van der Waals surface area contributed by atoms with Crippen LogP contribution in [0.4, 0.5) is 0 Å². The number of imide groups is 1. The lowest BCUT2D eigenvalue weighted by molar-refractivity contribution is -0.139. The Morgan fingerprint density at radius 3 is 2.56 bits per heavy atom.